The largest absolute Gasteiger partial charge is 0.384 e. The second-order valence-electron chi connectivity index (χ2n) is 3.97. The third kappa shape index (κ3) is 3.54. The predicted octanol–water partition coefficient (Wildman–Crippen LogP) is 2.75. The van der Waals surface area contributed by atoms with Gasteiger partial charge in [-0.25, -0.2) is 4.98 Å². The van der Waals surface area contributed by atoms with Gasteiger partial charge in [-0.3, -0.25) is 4.90 Å². The van der Waals surface area contributed by atoms with Gasteiger partial charge in [-0.15, -0.1) is 11.3 Å². The molecule has 17 heavy (non-hydrogen) atoms. The predicted molar refractivity (Wildman–Crippen MR) is 72.8 cm³/mol. The Morgan fingerprint density at radius 2 is 2.18 bits per heavy atom. The van der Waals surface area contributed by atoms with Gasteiger partial charge in [-0.2, -0.15) is 0 Å². The fraction of sp³-hybridized carbons (Fsp3) is 0.308. The molecule has 0 saturated carbocycles. The Balaban J connectivity index is 1.97. The van der Waals surface area contributed by atoms with E-state index in [4.69, 9.17) is 5.73 Å². The smallest absolute Gasteiger partial charge is 0.123 e. The maximum atomic E-state index is 5.58. The molecule has 2 heterocycles. The normalized spacial score (nSPS) is 10.9. The zero-order valence-corrected chi connectivity index (χ0v) is 10.8. The molecule has 2 aromatic rings. The molecule has 4 heteroatoms. The standard InChI is InChI=1S/C13H17N3S/c1-2-16(10-12-4-3-7-17-12)9-11-5-6-13(14)15-8-11/h3-8H,2,9-10H2,1H3,(H2,14,15). The first kappa shape index (κ1) is 12.1. The number of nitrogens with two attached hydrogens (primary N) is 1. The SMILES string of the molecule is CCN(Cc1ccc(N)nc1)Cc1cccs1. The highest BCUT2D eigenvalue weighted by Gasteiger charge is 2.05. The highest BCUT2D eigenvalue weighted by atomic mass is 32.1. The van der Waals surface area contributed by atoms with Gasteiger partial charge in [0.25, 0.3) is 0 Å². The first-order chi connectivity index (χ1) is 8.28. The van der Waals surface area contributed by atoms with Gasteiger partial charge < -0.3 is 5.73 Å². The summed E-state index contributed by atoms with van der Waals surface area (Å²) in [5, 5.41) is 2.12. The lowest BCUT2D eigenvalue weighted by Crippen LogP contribution is -2.21. The zero-order valence-electron chi connectivity index (χ0n) is 9.97. The van der Waals surface area contributed by atoms with Crippen molar-refractivity contribution in [2.45, 2.75) is 20.0 Å². The quantitative estimate of drug-likeness (QED) is 0.883. The number of nitrogen functional groups attached to an aromatic ring is 1. The van der Waals surface area contributed by atoms with E-state index in [9.17, 15) is 0 Å². The molecule has 2 aromatic heterocycles. The number of hydrogen-bond acceptors (Lipinski definition) is 4. The Morgan fingerprint density at radius 1 is 1.29 bits per heavy atom. The van der Waals surface area contributed by atoms with Gasteiger partial charge in [0.2, 0.25) is 0 Å². The summed E-state index contributed by atoms with van der Waals surface area (Å²) in [5.74, 6) is 0.579. The average molecular weight is 247 g/mol. The molecule has 3 nitrogen and oxygen atoms in total. The number of aromatic nitrogens is 1. The fourth-order valence-electron chi connectivity index (χ4n) is 1.69. The summed E-state index contributed by atoms with van der Waals surface area (Å²) < 4.78 is 0. The second-order valence-corrected chi connectivity index (χ2v) is 5.01. The van der Waals surface area contributed by atoms with Crippen LogP contribution < -0.4 is 5.73 Å². The van der Waals surface area contributed by atoms with Crippen LogP contribution in [0.3, 0.4) is 0 Å². The number of rotatable bonds is 5. The van der Waals surface area contributed by atoms with Crippen LogP contribution in [0.4, 0.5) is 5.82 Å². The number of pyridine rings is 1. The van der Waals surface area contributed by atoms with E-state index >= 15 is 0 Å². The summed E-state index contributed by atoms with van der Waals surface area (Å²) in [6, 6.07) is 8.17. The molecule has 0 atom stereocenters. The summed E-state index contributed by atoms with van der Waals surface area (Å²) in [6.07, 6.45) is 1.85. The minimum absolute atomic E-state index is 0.579. The minimum Gasteiger partial charge on any atom is -0.384 e. The highest BCUT2D eigenvalue weighted by Crippen LogP contribution is 2.14. The van der Waals surface area contributed by atoms with E-state index in [1.807, 2.05) is 18.3 Å². The Bertz CT molecular complexity index is 436. The lowest BCUT2D eigenvalue weighted by atomic mass is 10.2. The van der Waals surface area contributed by atoms with E-state index in [2.05, 4.69) is 34.3 Å². The van der Waals surface area contributed by atoms with Crippen molar-refractivity contribution in [1.29, 1.82) is 0 Å². The molecule has 0 aliphatic rings. The third-order valence-electron chi connectivity index (χ3n) is 2.66. The molecule has 0 aliphatic carbocycles. The first-order valence-electron chi connectivity index (χ1n) is 5.73. The summed E-state index contributed by atoms with van der Waals surface area (Å²) in [5.41, 5.74) is 6.78. The fourth-order valence-corrected chi connectivity index (χ4v) is 2.44. The average Bonchev–Trinajstić information content (AvgIpc) is 2.84. The van der Waals surface area contributed by atoms with Gasteiger partial charge >= 0.3 is 0 Å². The molecule has 2 N–H and O–H groups in total. The van der Waals surface area contributed by atoms with Crippen LogP contribution in [0.25, 0.3) is 0 Å². The van der Waals surface area contributed by atoms with Crippen LogP contribution in [0.15, 0.2) is 35.8 Å². The Hall–Kier alpha value is -1.39. The number of hydrogen-bond donors (Lipinski definition) is 1. The van der Waals surface area contributed by atoms with Gasteiger partial charge in [0.1, 0.15) is 5.82 Å². The molecule has 0 radical (unpaired) electrons. The summed E-state index contributed by atoms with van der Waals surface area (Å²) >= 11 is 1.80. The molecule has 0 amide bonds. The summed E-state index contributed by atoms with van der Waals surface area (Å²) in [4.78, 5) is 7.90. The molecule has 0 unspecified atom stereocenters. The second kappa shape index (κ2) is 5.80. The molecular weight excluding hydrogens is 230 g/mol. The van der Waals surface area contributed by atoms with E-state index < -0.39 is 0 Å². The maximum Gasteiger partial charge on any atom is 0.123 e. The molecule has 0 aromatic carbocycles. The van der Waals surface area contributed by atoms with Crippen molar-refractivity contribution >= 4 is 17.2 Å². The van der Waals surface area contributed by atoms with Crippen molar-refractivity contribution < 1.29 is 0 Å². The Labute approximate surface area is 106 Å². The van der Waals surface area contributed by atoms with Crippen molar-refractivity contribution in [3.63, 3.8) is 0 Å². The number of anilines is 1. The lowest BCUT2D eigenvalue weighted by molar-refractivity contribution is 0.273. The van der Waals surface area contributed by atoms with Crippen LogP contribution in [-0.4, -0.2) is 16.4 Å². The van der Waals surface area contributed by atoms with Crippen LogP contribution in [0.1, 0.15) is 17.4 Å². The van der Waals surface area contributed by atoms with Crippen molar-refractivity contribution in [1.82, 2.24) is 9.88 Å². The Morgan fingerprint density at radius 3 is 2.76 bits per heavy atom. The monoisotopic (exact) mass is 247 g/mol. The van der Waals surface area contributed by atoms with E-state index in [0.29, 0.717) is 5.82 Å². The van der Waals surface area contributed by atoms with Gasteiger partial charge in [0.15, 0.2) is 0 Å². The summed E-state index contributed by atoms with van der Waals surface area (Å²) in [7, 11) is 0. The van der Waals surface area contributed by atoms with Gasteiger partial charge in [-0.05, 0) is 29.6 Å². The molecule has 90 valence electrons. The van der Waals surface area contributed by atoms with Gasteiger partial charge in [0, 0.05) is 24.2 Å². The van der Waals surface area contributed by atoms with Crippen LogP contribution >= 0.6 is 11.3 Å². The lowest BCUT2D eigenvalue weighted by Gasteiger charge is -2.19. The van der Waals surface area contributed by atoms with E-state index in [1.54, 1.807) is 11.3 Å². The highest BCUT2D eigenvalue weighted by molar-refractivity contribution is 7.09. The molecule has 0 bridgehead atoms. The van der Waals surface area contributed by atoms with Crippen LogP contribution in [0.5, 0.6) is 0 Å². The molecular formula is C13H17N3S. The topological polar surface area (TPSA) is 42.1 Å². The minimum atomic E-state index is 0.579. The molecule has 2 rings (SSSR count). The molecule has 0 spiro atoms. The molecule has 0 aliphatic heterocycles. The third-order valence-corrected chi connectivity index (χ3v) is 3.52. The Kier molecular flexibility index (Phi) is 4.12. The number of thiophene rings is 1. The first-order valence-corrected chi connectivity index (χ1v) is 6.61. The van der Waals surface area contributed by atoms with Crippen LogP contribution in [0, 0.1) is 0 Å². The van der Waals surface area contributed by atoms with E-state index in [1.165, 1.54) is 10.4 Å². The zero-order chi connectivity index (χ0) is 12.1. The summed E-state index contributed by atoms with van der Waals surface area (Å²) in [6.45, 7) is 5.13. The number of nitrogens with zero attached hydrogens (tertiary/aromatic N) is 2. The van der Waals surface area contributed by atoms with Crippen LogP contribution in [-0.2, 0) is 13.1 Å². The van der Waals surface area contributed by atoms with Gasteiger partial charge in [0.05, 0.1) is 0 Å². The van der Waals surface area contributed by atoms with Crippen LogP contribution in [0.2, 0.25) is 0 Å². The van der Waals surface area contributed by atoms with Crippen molar-refractivity contribution in [3.05, 3.63) is 46.3 Å². The molecule has 0 saturated heterocycles. The van der Waals surface area contributed by atoms with Gasteiger partial charge in [-0.1, -0.05) is 19.1 Å². The van der Waals surface area contributed by atoms with E-state index in [0.717, 1.165) is 19.6 Å². The molecule has 0 fully saturated rings. The van der Waals surface area contributed by atoms with Crippen molar-refractivity contribution in [3.8, 4) is 0 Å². The van der Waals surface area contributed by atoms with E-state index in [-0.39, 0.29) is 0 Å². The van der Waals surface area contributed by atoms with Crippen molar-refractivity contribution in [2.75, 3.05) is 12.3 Å². The maximum absolute atomic E-state index is 5.58. The van der Waals surface area contributed by atoms with Crippen molar-refractivity contribution in [2.24, 2.45) is 0 Å².